The van der Waals surface area contributed by atoms with Crippen LogP contribution in [-0.2, 0) is 9.53 Å². The van der Waals surface area contributed by atoms with Gasteiger partial charge in [0.1, 0.15) is 5.82 Å². The molecule has 0 bridgehead atoms. The zero-order chi connectivity index (χ0) is 12.1. The third-order valence-electron chi connectivity index (χ3n) is 2.40. The zero-order valence-corrected chi connectivity index (χ0v) is 9.15. The molecular weight excluding hydrogens is 227 g/mol. The monoisotopic (exact) mass is 240 g/mol. The molecule has 17 heavy (non-hydrogen) atoms. The lowest BCUT2D eigenvalue weighted by Crippen LogP contribution is -2.37. The fourth-order valence-corrected chi connectivity index (χ4v) is 1.60. The molecule has 0 radical (unpaired) electrons. The first-order chi connectivity index (χ1) is 8.31. The maximum atomic E-state index is 13.6. The highest BCUT2D eigenvalue weighted by Gasteiger charge is 2.16. The van der Waals surface area contributed by atoms with E-state index in [1.54, 1.807) is 0 Å². The predicted octanol–water partition coefficient (Wildman–Crippen LogP) is 0.130. The molecule has 7 heteroatoms. The number of nitrogens with zero attached hydrogens (tertiary/aromatic N) is 2. The predicted molar refractivity (Wildman–Crippen MR) is 60.0 cm³/mol. The molecule has 2 rings (SSSR count). The third-order valence-corrected chi connectivity index (χ3v) is 2.40. The van der Waals surface area contributed by atoms with Crippen LogP contribution in [0.25, 0.3) is 0 Å². The van der Waals surface area contributed by atoms with E-state index in [9.17, 15) is 9.18 Å². The van der Waals surface area contributed by atoms with Gasteiger partial charge in [0.25, 0.3) is 0 Å². The van der Waals surface area contributed by atoms with Crippen LogP contribution in [0, 0.1) is 5.82 Å². The van der Waals surface area contributed by atoms with E-state index < -0.39 is 0 Å². The van der Waals surface area contributed by atoms with Crippen molar-refractivity contribution < 1.29 is 13.9 Å². The summed E-state index contributed by atoms with van der Waals surface area (Å²) in [4.78, 5) is 16.0. The lowest BCUT2D eigenvalue weighted by molar-refractivity contribution is -0.109. The van der Waals surface area contributed by atoms with Crippen LogP contribution in [0.15, 0.2) is 12.1 Å². The van der Waals surface area contributed by atoms with Crippen LogP contribution in [0.2, 0.25) is 0 Å². The van der Waals surface area contributed by atoms with Crippen molar-refractivity contribution in [3.05, 3.63) is 17.9 Å². The van der Waals surface area contributed by atoms with Crippen molar-refractivity contribution in [1.82, 2.24) is 10.4 Å². The maximum absolute atomic E-state index is 13.6. The van der Waals surface area contributed by atoms with Gasteiger partial charge in [0, 0.05) is 13.1 Å². The number of amides is 1. The van der Waals surface area contributed by atoms with E-state index in [0.717, 1.165) is 0 Å². The van der Waals surface area contributed by atoms with E-state index in [-0.39, 0.29) is 11.6 Å². The number of aromatic nitrogens is 1. The van der Waals surface area contributed by atoms with Crippen LogP contribution in [0.3, 0.4) is 0 Å². The summed E-state index contributed by atoms with van der Waals surface area (Å²) < 4.78 is 18.8. The molecule has 0 atom stereocenters. The van der Waals surface area contributed by atoms with Gasteiger partial charge in [-0.25, -0.2) is 9.37 Å². The van der Waals surface area contributed by atoms with Gasteiger partial charge < -0.3 is 9.64 Å². The molecule has 0 unspecified atom stereocenters. The van der Waals surface area contributed by atoms with Gasteiger partial charge in [-0.3, -0.25) is 15.6 Å². The molecule has 0 spiro atoms. The minimum atomic E-state index is -0.386. The Morgan fingerprint density at radius 3 is 2.88 bits per heavy atom. The number of pyridine rings is 1. The second-order valence-electron chi connectivity index (χ2n) is 3.49. The topological polar surface area (TPSA) is 66.5 Å². The second kappa shape index (κ2) is 5.44. The highest BCUT2D eigenvalue weighted by atomic mass is 19.1. The van der Waals surface area contributed by atoms with E-state index in [2.05, 4.69) is 15.8 Å². The van der Waals surface area contributed by atoms with Crippen LogP contribution >= 0.6 is 0 Å². The molecule has 1 aliphatic rings. The summed E-state index contributed by atoms with van der Waals surface area (Å²) in [5.74, 6) is 0.273. The number of anilines is 2. The number of nitrogens with one attached hydrogen (secondary N) is 2. The van der Waals surface area contributed by atoms with Crippen LogP contribution in [-0.4, -0.2) is 37.7 Å². The van der Waals surface area contributed by atoms with Crippen molar-refractivity contribution in [2.45, 2.75) is 0 Å². The minimum Gasteiger partial charge on any atom is -0.378 e. The van der Waals surface area contributed by atoms with Gasteiger partial charge >= 0.3 is 0 Å². The van der Waals surface area contributed by atoms with Crippen LogP contribution in [0.1, 0.15) is 0 Å². The van der Waals surface area contributed by atoms with E-state index in [1.165, 1.54) is 12.1 Å². The minimum absolute atomic E-state index is 0.269. The number of morpholine rings is 1. The first-order valence-electron chi connectivity index (χ1n) is 5.25. The Bertz CT molecular complexity index is 396. The summed E-state index contributed by atoms with van der Waals surface area (Å²) in [5.41, 5.74) is 4.80. The second-order valence-corrected chi connectivity index (χ2v) is 3.49. The van der Waals surface area contributed by atoms with Gasteiger partial charge in [-0.1, -0.05) is 0 Å². The van der Waals surface area contributed by atoms with Crippen molar-refractivity contribution >= 4 is 18.0 Å². The summed E-state index contributed by atoms with van der Waals surface area (Å²) in [7, 11) is 0. The number of ether oxygens (including phenoxy) is 1. The van der Waals surface area contributed by atoms with Crippen LogP contribution in [0.4, 0.5) is 16.0 Å². The number of carbonyl (C=O) groups is 1. The Morgan fingerprint density at radius 1 is 1.41 bits per heavy atom. The molecule has 1 amide bonds. The molecule has 0 saturated carbocycles. The summed E-state index contributed by atoms with van der Waals surface area (Å²) in [6, 6.07) is 2.77. The van der Waals surface area contributed by atoms with Crippen molar-refractivity contribution in [1.29, 1.82) is 0 Å². The number of halogens is 1. The molecule has 0 aromatic carbocycles. The van der Waals surface area contributed by atoms with Gasteiger partial charge in [0.2, 0.25) is 6.41 Å². The van der Waals surface area contributed by atoms with Gasteiger partial charge in [0.05, 0.1) is 13.2 Å². The Balaban J connectivity index is 2.15. The SMILES string of the molecule is O=CNNc1ccc(F)c(N2CCOCC2)n1. The fraction of sp³-hybridized carbons (Fsp3) is 0.400. The lowest BCUT2D eigenvalue weighted by atomic mass is 10.3. The normalized spacial score (nSPS) is 15.5. The molecule has 1 saturated heterocycles. The summed E-state index contributed by atoms with van der Waals surface area (Å²) >= 11 is 0. The van der Waals surface area contributed by atoms with Gasteiger partial charge in [-0.2, -0.15) is 0 Å². The lowest BCUT2D eigenvalue weighted by Gasteiger charge is -2.28. The molecule has 6 nitrogen and oxygen atoms in total. The number of hydrogen-bond acceptors (Lipinski definition) is 5. The van der Waals surface area contributed by atoms with E-state index in [0.29, 0.717) is 38.5 Å². The van der Waals surface area contributed by atoms with Gasteiger partial charge in [0.15, 0.2) is 11.6 Å². The molecule has 1 fully saturated rings. The zero-order valence-electron chi connectivity index (χ0n) is 9.15. The first kappa shape index (κ1) is 11.6. The molecule has 0 aliphatic carbocycles. The average Bonchev–Trinajstić information content (AvgIpc) is 2.39. The fourth-order valence-electron chi connectivity index (χ4n) is 1.60. The Morgan fingerprint density at radius 2 is 2.18 bits per heavy atom. The smallest absolute Gasteiger partial charge is 0.225 e. The van der Waals surface area contributed by atoms with Crippen LogP contribution < -0.4 is 15.8 Å². The molecule has 1 aromatic heterocycles. The van der Waals surface area contributed by atoms with Crippen molar-refractivity contribution in [2.75, 3.05) is 36.6 Å². The molecule has 92 valence electrons. The van der Waals surface area contributed by atoms with Crippen molar-refractivity contribution in [3.63, 3.8) is 0 Å². The van der Waals surface area contributed by atoms with E-state index in [1.807, 2.05) is 4.90 Å². The third kappa shape index (κ3) is 2.82. The molecule has 2 N–H and O–H groups in total. The first-order valence-corrected chi connectivity index (χ1v) is 5.25. The number of hydrogen-bond donors (Lipinski definition) is 2. The molecule has 1 aromatic rings. The summed E-state index contributed by atoms with van der Waals surface area (Å²) in [6.45, 7) is 2.33. The highest BCUT2D eigenvalue weighted by Crippen LogP contribution is 2.19. The van der Waals surface area contributed by atoms with Crippen molar-refractivity contribution in [2.24, 2.45) is 0 Å². The molecule has 2 heterocycles. The van der Waals surface area contributed by atoms with Crippen LogP contribution in [0.5, 0.6) is 0 Å². The Kier molecular flexibility index (Phi) is 3.71. The highest BCUT2D eigenvalue weighted by molar-refractivity contribution is 5.53. The number of rotatable bonds is 4. The summed E-state index contributed by atoms with van der Waals surface area (Å²) in [6.07, 6.45) is 0.486. The van der Waals surface area contributed by atoms with Gasteiger partial charge in [-0.05, 0) is 12.1 Å². The average molecular weight is 240 g/mol. The van der Waals surface area contributed by atoms with Gasteiger partial charge in [-0.15, -0.1) is 0 Å². The Hall–Kier alpha value is -1.89. The summed E-state index contributed by atoms with van der Waals surface area (Å²) in [5, 5.41) is 0. The molecule has 1 aliphatic heterocycles. The maximum Gasteiger partial charge on any atom is 0.225 e. The largest absolute Gasteiger partial charge is 0.378 e. The quantitative estimate of drug-likeness (QED) is 0.578. The Labute approximate surface area is 97.7 Å². The number of hydrazine groups is 1. The molecular formula is C10H13FN4O2. The number of carbonyl (C=O) groups excluding carboxylic acids is 1. The van der Waals surface area contributed by atoms with Crippen molar-refractivity contribution in [3.8, 4) is 0 Å². The van der Waals surface area contributed by atoms with E-state index in [4.69, 9.17) is 4.74 Å². The van der Waals surface area contributed by atoms with E-state index >= 15 is 0 Å². The standard InChI is InChI=1S/C10H13FN4O2/c11-8-1-2-9(14-12-7-16)13-10(8)15-3-5-17-6-4-15/h1-2,7H,3-6H2,(H,12,16)(H,13,14).